The van der Waals surface area contributed by atoms with Gasteiger partial charge in [-0.2, -0.15) is 26.3 Å². The molecule has 4 atom stereocenters. The number of carbonyl (C=O) groups excluding carboxylic acids is 1. The van der Waals surface area contributed by atoms with Gasteiger partial charge in [-0.3, -0.25) is 4.79 Å². The first-order chi connectivity index (χ1) is 12.8. The minimum atomic E-state index is -4.97. The highest BCUT2D eigenvalue weighted by Gasteiger charge is 2.49. The average molecular weight is 408 g/mol. The fraction of sp³-hybridized carbons (Fsp3) is 0.526. The molecule has 0 amide bonds. The molecule has 1 aliphatic heterocycles. The Labute approximate surface area is 157 Å². The highest BCUT2D eigenvalue weighted by Crippen LogP contribution is 2.44. The molecule has 9 heteroatoms. The van der Waals surface area contributed by atoms with E-state index in [1.165, 1.54) is 6.08 Å². The standard InChI is InChI=1S/C19H18F6O3/c1-10-15(26)8-13-9-16(10)27-28-17(13,2)6-5-11-3-4-12(18(20,21)22)7-14(11)19(23,24)25/h3-7,10,13,16H,8-9H2,1-2H3/t10-,13+,16+,17+/m1/s1. The predicted octanol–water partition coefficient (Wildman–Crippen LogP) is 5.44. The molecule has 1 aromatic carbocycles. The minimum Gasteiger partial charge on any atom is -0.299 e. The molecular formula is C19H18F6O3. The van der Waals surface area contributed by atoms with Gasteiger partial charge in [0, 0.05) is 18.3 Å². The Morgan fingerprint density at radius 2 is 1.82 bits per heavy atom. The Hall–Kier alpha value is -1.87. The third-order valence-corrected chi connectivity index (χ3v) is 5.47. The summed E-state index contributed by atoms with van der Waals surface area (Å²) >= 11 is 0. The molecule has 0 unspecified atom stereocenters. The van der Waals surface area contributed by atoms with Crippen molar-refractivity contribution in [1.29, 1.82) is 0 Å². The van der Waals surface area contributed by atoms with Crippen LogP contribution in [0.25, 0.3) is 6.08 Å². The number of rotatable bonds is 2. The van der Waals surface area contributed by atoms with Crippen molar-refractivity contribution in [1.82, 2.24) is 0 Å². The van der Waals surface area contributed by atoms with Gasteiger partial charge < -0.3 is 0 Å². The average Bonchev–Trinajstić information content (AvgIpc) is 2.59. The second-order valence-corrected chi connectivity index (χ2v) is 7.42. The van der Waals surface area contributed by atoms with E-state index in [0.29, 0.717) is 12.5 Å². The molecule has 1 saturated carbocycles. The Bertz CT molecular complexity index is 798. The summed E-state index contributed by atoms with van der Waals surface area (Å²) in [7, 11) is 0. The van der Waals surface area contributed by atoms with Gasteiger partial charge in [0.25, 0.3) is 0 Å². The van der Waals surface area contributed by atoms with Gasteiger partial charge in [0.1, 0.15) is 17.5 Å². The molecular weight excluding hydrogens is 390 g/mol. The molecule has 1 heterocycles. The van der Waals surface area contributed by atoms with Crippen molar-refractivity contribution >= 4 is 11.9 Å². The summed E-state index contributed by atoms with van der Waals surface area (Å²) in [5.74, 6) is -0.638. The fourth-order valence-corrected chi connectivity index (χ4v) is 3.54. The smallest absolute Gasteiger partial charge is 0.299 e. The van der Waals surface area contributed by atoms with E-state index in [1.807, 2.05) is 0 Å². The van der Waals surface area contributed by atoms with E-state index in [1.54, 1.807) is 13.8 Å². The van der Waals surface area contributed by atoms with E-state index in [4.69, 9.17) is 9.78 Å². The maximum atomic E-state index is 13.3. The van der Waals surface area contributed by atoms with Gasteiger partial charge >= 0.3 is 12.4 Å². The Kier molecular flexibility index (Phi) is 5.12. The van der Waals surface area contributed by atoms with Gasteiger partial charge in [-0.25, -0.2) is 9.78 Å². The maximum Gasteiger partial charge on any atom is 0.417 e. The number of fused-ring (bicyclic) bond motifs is 2. The fourth-order valence-electron chi connectivity index (χ4n) is 3.54. The largest absolute Gasteiger partial charge is 0.417 e. The van der Waals surface area contributed by atoms with Crippen LogP contribution in [0.5, 0.6) is 0 Å². The summed E-state index contributed by atoms with van der Waals surface area (Å²) in [6.07, 6.45) is -7.18. The Morgan fingerprint density at radius 1 is 1.14 bits per heavy atom. The lowest BCUT2D eigenvalue weighted by Crippen LogP contribution is -2.52. The highest BCUT2D eigenvalue weighted by molar-refractivity contribution is 5.82. The number of Topliss-reactive ketones (excluding diaryl/α,β-unsaturated/α-hetero) is 1. The molecule has 0 radical (unpaired) electrons. The number of alkyl halides is 6. The van der Waals surface area contributed by atoms with Gasteiger partial charge in [-0.15, -0.1) is 0 Å². The van der Waals surface area contributed by atoms with Crippen LogP contribution in [0.2, 0.25) is 0 Å². The first-order valence-electron chi connectivity index (χ1n) is 8.66. The SMILES string of the molecule is C[C@@H]1C(=O)C[C@H]2C[C@@H]1OO[C@@]2(C)C=Cc1ccc(C(F)(F)F)cc1C(F)(F)F. The molecule has 2 fully saturated rings. The van der Waals surface area contributed by atoms with E-state index in [9.17, 15) is 31.1 Å². The molecule has 2 bridgehead atoms. The van der Waals surface area contributed by atoms with Crippen LogP contribution in [0.4, 0.5) is 26.3 Å². The van der Waals surface area contributed by atoms with Crippen LogP contribution in [0.1, 0.15) is 43.4 Å². The van der Waals surface area contributed by atoms with Crippen LogP contribution in [0, 0.1) is 11.8 Å². The summed E-state index contributed by atoms with van der Waals surface area (Å²) in [6, 6.07) is 1.45. The van der Waals surface area contributed by atoms with Crippen molar-refractivity contribution in [3.8, 4) is 0 Å². The summed E-state index contributed by atoms with van der Waals surface area (Å²) in [5.41, 5.74) is -4.37. The maximum absolute atomic E-state index is 13.3. The molecule has 28 heavy (non-hydrogen) atoms. The summed E-state index contributed by atoms with van der Waals surface area (Å²) < 4.78 is 78.2. The van der Waals surface area contributed by atoms with E-state index in [2.05, 4.69) is 0 Å². The van der Waals surface area contributed by atoms with Crippen molar-refractivity contribution in [3.63, 3.8) is 0 Å². The zero-order valence-corrected chi connectivity index (χ0v) is 15.0. The molecule has 3 rings (SSSR count). The predicted molar refractivity (Wildman–Crippen MR) is 86.7 cm³/mol. The number of hydrogen-bond acceptors (Lipinski definition) is 3. The van der Waals surface area contributed by atoms with Gasteiger partial charge in [-0.1, -0.05) is 19.1 Å². The Morgan fingerprint density at radius 3 is 2.43 bits per heavy atom. The molecule has 3 nitrogen and oxygen atoms in total. The van der Waals surface area contributed by atoms with Crippen LogP contribution in [0.15, 0.2) is 24.3 Å². The number of halogens is 6. The van der Waals surface area contributed by atoms with Gasteiger partial charge in [0.05, 0.1) is 11.1 Å². The van der Waals surface area contributed by atoms with Crippen LogP contribution in [-0.2, 0) is 26.9 Å². The number of benzene rings is 1. The van der Waals surface area contributed by atoms with Gasteiger partial charge in [0.2, 0.25) is 0 Å². The third-order valence-electron chi connectivity index (χ3n) is 5.47. The molecule has 2 aliphatic rings. The van der Waals surface area contributed by atoms with E-state index in [0.717, 1.165) is 12.1 Å². The third kappa shape index (κ3) is 3.96. The molecule has 1 aromatic rings. The monoisotopic (exact) mass is 408 g/mol. The zero-order valence-electron chi connectivity index (χ0n) is 15.0. The van der Waals surface area contributed by atoms with Crippen molar-refractivity contribution in [2.45, 2.75) is 50.7 Å². The summed E-state index contributed by atoms with van der Waals surface area (Å²) in [4.78, 5) is 22.7. The second-order valence-electron chi connectivity index (χ2n) is 7.42. The second kappa shape index (κ2) is 6.88. The lowest BCUT2D eigenvalue weighted by Gasteiger charge is -2.45. The first kappa shape index (κ1) is 20.9. The van der Waals surface area contributed by atoms with Crippen molar-refractivity contribution in [2.24, 2.45) is 11.8 Å². The number of carbonyl (C=O) groups is 1. The van der Waals surface area contributed by atoms with Crippen molar-refractivity contribution in [3.05, 3.63) is 41.0 Å². The summed E-state index contributed by atoms with van der Waals surface area (Å²) in [5, 5.41) is 0. The van der Waals surface area contributed by atoms with Crippen LogP contribution >= 0.6 is 0 Å². The molecule has 0 N–H and O–H groups in total. The molecule has 0 aromatic heterocycles. The zero-order chi connectivity index (χ0) is 20.9. The molecule has 1 aliphatic carbocycles. The Balaban J connectivity index is 1.92. The first-order valence-corrected chi connectivity index (χ1v) is 8.66. The van der Waals surface area contributed by atoms with Crippen molar-refractivity contribution in [2.75, 3.05) is 0 Å². The highest BCUT2D eigenvalue weighted by atomic mass is 19.4. The molecule has 1 saturated heterocycles. The normalized spacial score (nSPS) is 31.4. The lowest BCUT2D eigenvalue weighted by molar-refractivity contribution is -0.415. The quantitative estimate of drug-likeness (QED) is 0.483. The van der Waals surface area contributed by atoms with Crippen LogP contribution < -0.4 is 0 Å². The van der Waals surface area contributed by atoms with E-state index < -0.39 is 40.7 Å². The van der Waals surface area contributed by atoms with E-state index in [-0.39, 0.29) is 30.1 Å². The summed E-state index contributed by atoms with van der Waals surface area (Å²) in [6.45, 7) is 3.30. The van der Waals surface area contributed by atoms with Crippen LogP contribution in [-0.4, -0.2) is 17.5 Å². The van der Waals surface area contributed by atoms with Crippen LogP contribution in [0.3, 0.4) is 0 Å². The number of ketones is 1. The lowest BCUT2D eigenvalue weighted by atomic mass is 9.71. The van der Waals surface area contributed by atoms with Gasteiger partial charge in [0.15, 0.2) is 0 Å². The van der Waals surface area contributed by atoms with Gasteiger partial charge in [-0.05, 0) is 37.1 Å². The van der Waals surface area contributed by atoms with E-state index >= 15 is 0 Å². The number of hydrogen-bond donors (Lipinski definition) is 0. The minimum absolute atomic E-state index is 0.0188. The van der Waals surface area contributed by atoms with Crippen molar-refractivity contribution < 1.29 is 40.9 Å². The topological polar surface area (TPSA) is 35.5 Å². The molecule has 0 spiro atoms. The molecule has 154 valence electrons.